The molecule has 6 aromatic carbocycles. The molecule has 1 nitrogen and oxygen atoms in total. The highest BCUT2D eigenvalue weighted by Crippen LogP contribution is 2.40. The molecule has 0 aliphatic carbocycles. The molecule has 0 saturated carbocycles. The maximum absolute atomic E-state index is 6.29. The zero-order valence-electron chi connectivity index (χ0n) is 18.9. The summed E-state index contributed by atoms with van der Waals surface area (Å²) in [6.07, 6.45) is 0. The maximum atomic E-state index is 6.29. The second-order valence-corrected chi connectivity index (χ2v) is 9.05. The van der Waals surface area contributed by atoms with E-state index < -0.39 is 0 Å². The van der Waals surface area contributed by atoms with E-state index in [1.165, 1.54) is 54.7 Å². The number of hydrogen-bond donors (Lipinski definition) is 0. The second kappa shape index (κ2) is 7.33. The lowest BCUT2D eigenvalue weighted by Gasteiger charge is -2.11. The molecule has 0 atom stereocenters. The van der Waals surface area contributed by atoms with Gasteiger partial charge >= 0.3 is 0 Å². The predicted molar refractivity (Wildman–Crippen MR) is 144 cm³/mol. The largest absolute Gasteiger partial charge is 0.456 e. The van der Waals surface area contributed by atoms with Crippen molar-refractivity contribution in [1.82, 2.24) is 0 Å². The van der Waals surface area contributed by atoms with Crippen LogP contribution in [-0.2, 0) is 0 Å². The number of furan rings is 1. The van der Waals surface area contributed by atoms with E-state index in [0.29, 0.717) is 0 Å². The van der Waals surface area contributed by atoms with Crippen molar-refractivity contribution in [2.24, 2.45) is 0 Å². The molecule has 0 aliphatic rings. The molecule has 1 heterocycles. The van der Waals surface area contributed by atoms with Crippen molar-refractivity contribution >= 4 is 43.5 Å². The van der Waals surface area contributed by atoms with E-state index in [4.69, 9.17) is 4.42 Å². The molecule has 34 heavy (non-hydrogen) atoms. The lowest BCUT2D eigenvalue weighted by molar-refractivity contribution is 0.669. The van der Waals surface area contributed by atoms with Crippen LogP contribution in [0.5, 0.6) is 0 Å². The fourth-order valence-corrected chi connectivity index (χ4v) is 5.26. The number of aryl methyl sites for hydroxylation is 1. The standard InChI is InChI=1S/C33H22O/c1-21-13-15-22(16-14-21)26-11-6-12-32-33(26)30-20-24(17-18-31(30)34-32)29-19-23-7-2-3-8-25(23)27-9-4-5-10-28(27)29/h2-20H,1H3. The minimum absolute atomic E-state index is 0.920. The number of rotatable bonds is 2. The van der Waals surface area contributed by atoms with Crippen molar-refractivity contribution in [3.8, 4) is 22.3 Å². The van der Waals surface area contributed by atoms with Crippen LogP contribution in [0, 0.1) is 6.92 Å². The van der Waals surface area contributed by atoms with Crippen LogP contribution in [0.4, 0.5) is 0 Å². The SMILES string of the molecule is Cc1ccc(-c2cccc3oc4ccc(-c5cc6ccccc6c6ccccc56)cc4c23)cc1. The van der Waals surface area contributed by atoms with Gasteiger partial charge in [0.15, 0.2) is 0 Å². The fourth-order valence-electron chi connectivity index (χ4n) is 5.26. The summed E-state index contributed by atoms with van der Waals surface area (Å²) >= 11 is 0. The summed E-state index contributed by atoms with van der Waals surface area (Å²) in [6, 6.07) is 41.4. The Bertz CT molecular complexity index is 1850. The van der Waals surface area contributed by atoms with Gasteiger partial charge in [-0.3, -0.25) is 0 Å². The Morgan fingerprint density at radius 2 is 1.21 bits per heavy atom. The van der Waals surface area contributed by atoms with Crippen LogP contribution in [0.3, 0.4) is 0 Å². The Balaban J connectivity index is 1.53. The first-order valence-corrected chi connectivity index (χ1v) is 11.7. The Hall–Kier alpha value is -4.36. The predicted octanol–water partition coefficient (Wildman–Crippen LogP) is 9.53. The van der Waals surface area contributed by atoms with Crippen molar-refractivity contribution in [3.63, 3.8) is 0 Å². The Morgan fingerprint density at radius 3 is 2.06 bits per heavy atom. The normalized spacial score (nSPS) is 11.7. The molecule has 0 radical (unpaired) electrons. The van der Waals surface area contributed by atoms with E-state index in [1.54, 1.807) is 0 Å². The molecule has 7 rings (SSSR count). The quantitative estimate of drug-likeness (QED) is 0.247. The smallest absolute Gasteiger partial charge is 0.136 e. The van der Waals surface area contributed by atoms with Crippen molar-refractivity contribution in [2.45, 2.75) is 6.92 Å². The highest BCUT2D eigenvalue weighted by molar-refractivity contribution is 6.16. The van der Waals surface area contributed by atoms with Crippen LogP contribution < -0.4 is 0 Å². The third-order valence-electron chi connectivity index (χ3n) is 6.94. The minimum atomic E-state index is 0.920. The van der Waals surface area contributed by atoms with Gasteiger partial charge in [0.1, 0.15) is 11.2 Å². The molecule has 7 aromatic rings. The third kappa shape index (κ3) is 2.87. The number of fused-ring (bicyclic) bond motifs is 6. The van der Waals surface area contributed by atoms with E-state index in [2.05, 4.69) is 122 Å². The monoisotopic (exact) mass is 434 g/mol. The van der Waals surface area contributed by atoms with Gasteiger partial charge < -0.3 is 4.42 Å². The minimum Gasteiger partial charge on any atom is -0.456 e. The highest BCUT2D eigenvalue weighted by Gasteiger charge is 2.15. The lowest BCUT2D eigenvalue weighted by atomic mass is 9.92. The average Bonchev–Trinajstić information content (AvgIpc) is 3.27. The van der Waals surface area contributed by atoms with Crippen molar-refractivity contribution < 1.29 is 4.42 Å². The highest BCUT2D eigenvalue weighted by atomic mass is 16.3. The van der Waals surface area contributed by atoms with Crippen molar-refractivity contribution in [3.05, 3.63) is 121 Å². The maximum Gasteiger partial charge on any atom is 0.136 e. The van der Waals surface area contributed by atoms with Gasteiger partial charge in [-0.2, -0.15) is 0 Å². The molecular formula is C33H22O. The second-order valence-electron chi connectivity index (χ2n) is 9.05. The first-order chi connectivity index (χ1) is 16.8. The summed E-state index contributed by atoms with van der Waals surface area (Å²) in [5.74, 6) is 0. The van der Waals surface area contributed by atoms with Gasteiger partial charge in [0.05, 0.1) is 0 Å². The van der Waals surface area contributed by atoms with Gasteiger partial charge in [-0.25, -0.2) is 0 Å². The van der Waals surface area contributed by atoms with Gasteiger partial charge in [-0.15, -0.1) is 0 Å². The third-order valence-corrected chi connectivity index (χ3v) is 6.94. The summed E-state index contributed by atoms with van der Waals surface area (Å²) in [5, 5.41) is 7.43. The summed E-state index contributed by atoms with van der Waals surface area (Å²) < 4.78 is 6.29. The summed E-state index contributed by atoms with van der Waals surface area (Å²) in [6.45, 7) is 2.12. The fraction of sp³-hybridized carbons (Fsp3) is 0.0303. The Kier molecular flexibility index (Phi) is 4.13. The molecule has 0 fully saturated rings. The molecule has 0 N–H and O–H groups in total. The van der Waals surface area contributed by atoms with E-state index in [9.17, 15) is 0 Å². The molecule has 0 unspecified atom stereocenters. The molecule has 0 aliphatic heterocycles. The van der Waals surface area contributed by atoms with Crippen molar-refractivity contribution in [2.75, 3.05) is 0 Å². The molecule has 0 amide bonds. The average molecular weight is 435 g/mol. The molecule has 0 spiro atoms. The van der Waals surface area contributed by atoms with Crippen LogP contribution in [0.1, 0.15) is 5.56 Å². The van der Waals surface area contributed by atoms with E-state index in [1.807, 2.05) is 0 Å². The van der Waals surface area contributed by atoms with Gasteiger partial charge in [0.2, 0.25) is 0 Å². The zero-order valence-corrected chi connectivity index (χ0v) is 18.9. The number of benzene rings is 6. The summed E-state index contributed by atoms with van der Waals surface area (Å²) in [5.41, 5.74) is 7.97. The van der Waals surface area contributed by atoms with Crippen LogP contribution >= 0.6 is 0 Å². The molecule has 1 heteroatoms. The van der Waals surface area contributed by atoms with Crippen LogP contribution in [-0.4, -0.2) is 0 Å². The van der Waals surface area contributed by atoms with Crippen LogP contribution in [0.15, 0.2) is 120 Å². The summed E-state index contributed by atoms with van der Waals surface area (Å²) in [4.78, 5) is 0. The van der Waals surface area contributed by atoms with E-state index >= 15 is 0 Å². The van der Waals surface area contributed by atoms with Gasteiger partial charge in [0, 0.05) is 10.8 Å². The first kappa shape index (κ1) is 19.1. The Labute approximate surface area is 197 Å². The van der Waals surface area contributed by atoms with E-state index in [0.717, 1.165) is 16.6 Å². The molecule has 0 bridgehead atoms. The van der Waals surface area contributed by atoms with Crippen LogP contribution in [0.25, 0.3) is 65.7 Å². The first-order valence-electron chi connectivity index (χ1n) is 11.7. The van der Waals surface area contributed by atoms with Crippen LogP contribution in [0.2, 0.25) is 0 Å². The van der Waals surface area contributed by atoms with Gasteiger partial charge in [-0.1, -0.05) is 96.6 Å². The van der Waals surface area contributed by atoms with E-state index in [-0.39, 0.29) is 0 Å². The number of hydrogen-bond acceptors (Lipinski definition) is 1. The topological polar surface area (TPSA) is 13.1 Å². The molecule has 1 aromatic heterocycles. The molecular weight excluding hydrogens is 412 g/mol. The van der Waals surface area contributed by atoms with Gasteiger partial charge in [-0.05, 0) is 75.0 Å². The molecule has 160 valence electrons. The molecule has 0 saturated heterocycles. The zero-order chi connectivity index (χ0) is 22.6. The van der Waals surface area contributed by atoms with Gasteiger partial charge in [0.25, 0.3) is 0 Å². The lowest BCUT2D eigenvalue weighted by Crippen LogP contribution is -1.85. The Morgan fingerprint density at radius 1 is 0.471 bits per heavy atom. The summed E-state index contributed by atoms with van der Waals surface area (Å²) in [7, 11) is 0. The van der Waals surface area contributed by atoms with Crippen molar-refractivity contribution in [1.29, 1.82) is 0 Å².